The van der Waals surface area contributed by atoms with Crippen LogP contribution in [0.4, 0.5) is 0 Å². The topological polar surface area (TPSA) is 41.6 Å². The van der Waals surface area contributed by atoms with Crippen molar-refractivity contribution >= 4 is 27.0 Å². The molecule has 0 bridgehead atoms. The normalized spacial score (nSPS) is 9.43. The Morgan fingerprint density at radius 2 is 1.62 bits per heavy atom. The van der Waals surface area contributed by atoms with E-state index in [4.69, 9.17) is 0 Å². The molecule has 1 N–H and O–H groups in total. The van der Waals surface area contributed by atoms with Gasteiger partial charge in [0.05, 0.1) is 5.69 Å². The molecule has 0 saturated carbocycles. The zero-order valence-electron chi connectivity index (χ0n) is 13.2. The van der Waals surface area contributed by atoms with E-state index >= 15 is 0 Å². The van der Waals surface area contributed by atoms with Gasteiger partial charge in [0, 0.05) is 10.9 Å². The molecule has 2 heterocycles. The van der Waals surface area contributed by atoms with Gasteiger partial charge in [-0.05, 0) is 34.5 Å². The Morgan fingerprint density at radius 3 is 2.24 bits per heavy atom. The van der Waals surface area contributed by atoms with Crippen LogP contribution in [-0.2, 0) is 0 Å². The monoisotopic (exact) mass is 347 g/mol. The van der Waals surface area contributed by atoms with Crippen LogP contribution in [-0.4, -0.2) is 15.2 Å². The molecule has 112 valence electrons. The smallest absolute Gasteiger partial charge is 0.182 e. The molecule has 3 aromatic rings. The summed E-state index contributed by atoms with van der Waals surface area (Å²) in [6.45, 7) is 10.1. The number of aromatic amines is 1. The number of hydrogen-bond acceptors (Lipinski definition) is 2. The van der Waals surface area contributed by atoms with Crippen molar-refractivity contribution in [2.75, 3.05) is 0 Å². The molecule has 3 rings (SSSR count). The predicted octanol–water partition coefficient (Wildman–Crippen LogP) is 5.75. The van der Waals surface area contributed by atoms with E-state index in [1.54, 1.807) is 0 Å². The predicted molar refractivity (Wildman–Crippen MR) is 94.5 cm³/mol. The van der Waals surface area contributed by atoms with Crippen molar-refractivity contribution in [1.82, 2.24) is 15.2 Å². The number of hydrogen-bond donors (Lipinski definition) is 1. The lowest BCUT2D eigenvalue weighted by molar-refractivity contribution is 1.10. The summed E-state index contributed by atoms with van der Waals surface area (Å²) in [6.07, 6.45) is 0. The van der Waals surface area contributed by atoms with Crippen LogP contribution in [0.25, 0.3) is 22.3 Å². The number of pyridine rings is 1. The zero-order valence-corrected chi connectivity index (χ0v) is 14.8. The highest BCUT2D eigenvalue weighted by Gasteiger charge is 2.11. The van der Waals surface area contributed by atoms with Crippen LogP contribution < -0.4 is 0 Å². The van der Waals surface area contributed by atoms with Gasteiger partial charge in [-0.25, -0.2) is 4.98 Å². The minimum Gasteiger partial charge on any atom is -0.275 e. The first-order valence-corrected chi connectivity index (χ1v) is 8.11. The van der Waals surface area contributed by atoms with E-state index in [0.29, 0.717) is 0 Å². The minimum atomic E-state index is 0.746. The second kappa shape index (κ2) is 8.57. The van der Waals surface area contributed by atoms with Crippen LogP contribution >= 0.6 is 15.9 Å². The Bertz CT molecular complexity index is 675. The van der Waals surface area contributed by atoms with Crippen molar-refractivity contribution in [2.45, 2.75) is 34.6 Å². The number of H-pyrrole nitrogens is 1. The van der Waals surface area contributed by atoms with Gasteiger partial charge in [0.1, 0.15) is 4.60 Å². The van der Waals surface area contributed by atoms with Crippen LogP contribution in [0.3, 0.4) is 0 Å². The molecule has 0 spiro atoms. The summed E-state index contributed by atoms with van der Waals surface area (Å²) in [7, 11) is 0. The number of aromatic nitrogens is 3. The number of fused-ring (bicyclic) bond motifs is 1. The molecule has 0 unspecified atom stereocenters. The second-order valence-electron chi connectivity index (χ2n) is 3.93. The highest BCUT2D eigenvalue weighted by atomic mass is 79.9. The van der Waals surface area contributed by atoms with Crippen LogP contribution in [0.2, 0.25) is 0 Å². The number of aryl methyl sites for hydroxylation is 1. The number of nitrogens with zero attached hydrogens (tertiary/aromatic N) is 2. The summed E-state index contributed by atoms with van der Waals surface area (Å²) in [5.41, 5.74) is 4.06. The van der Waals surface area contributed by atoms with Gasteiger partial charge in [0.15, 0.2) is 5.65 Å². The van der Waals surface area contributed by atoms with Gasteiger partial charge < -0.3 is 0 Å². The highest BCUT2D eigenvalue weighted by molar-refractivity contribution is 9.10. The number of rotatable bonds is 1. The van der Waals surface area contributed by atoms with Gasteiger partial charge >= 0.3 is 0 Å². The second-order valence-corrected chi connectivity index (χ2v) is 4.74. The summed E-state index contributed by atoms with van der Waals surface area (Å²) in [6, 6.07) is 12.2. The Labute approximate surface area is 134 Å². The third kappa shape index (κ3) is 3.91. The van der Waals surface area contributed by atoms with Crippen LogP contribution in [0.5, 0.6) is 0 Å². The molecule has 3 nitrogen and oxygen atoms in total. The lowest BCUT2D eigenvalue weighted by Crippen LogP contribution is -1.83. The van der Waals surface area contributed by atoms with Crippen molar-refractivity contribution in [2.24, 2.45) is 0 Å². The minimum absolute atomic E-state index is 0.746. The highest BCUT2D eigenvalue weighted by Crippen LogP contribution is 2.29. The molecular weight excluding hydrogens is 326 g/mol. The molecule has 1 aromatic carbocycles. The van der Waals surface area contributed by atoms with Gasteiger partial charge in [0.25, 0.3) is 0 Å². The molecule has 0 fully saturated rings. The summed E-state index contributed by atoms with van der Waals surface area (Å²) < 4.78 is 0.814. The summed E-state index contributed by atoms with van der Waals surface area (Å²) in [4.78, 5) is 4.36. The molecule has 0 saturated heterocycles. The van der Waals surface area contributed by atoms with E-state index in [-0.39, 0.29) is 0 Å². The summed E-state index contributed by atoms with van der Waals surface area (Å²) in [5.74, 6) is 0. The van der Waals surface area contributed by atoms with Crippen LogP contribution in [0, 0.1) is 6.92 Å². The average molecular weight is 348 g/mol. The molecule has 0 atom stereocenters. The lowest BCUT2D eigenvalue weighted by atomic mass is 10.1. The van der Waals surface area contributed by atoms with E-state index in [9.17, 15) is 0 Å². The van der Waals surface area contributed by atoms with Gasteiger partial charge in [0.2, 0.25) is 0 Å². The van der Waals surface area contributed by atoms with E-state index in [1.807, 2.05) is 52.0 Å². The molecule has 0 aliphatic heterocycles. The summed E-state index contributed by atoms with van der Waals surface area (Å²) in [5, 5.41) is 8.40. The quantitative estimate of drug-likeness (QED) is 0.569. The Hall–Kier alpha value is -1.68. The van der Waals surface area contributed by atoms with E-state index < -0.39 is 0 Å². The fraction of sp³-hybridized carbons (Fsp3) is 0.294. The SMILES string of the molecule is CC.CC.Cc1cc(Br)nc2n[nH]c(-c3ccccc3)c12. The maximum atomic E-state index is 4.36. The van der Waals surface area contributed by atoms with E-state index in [1.165, 1.54) is 0 Å². The maximum Gasteiger partial charge on any atom is 0.182 e. The van der Waals surface area contributed by atoms with Gasteiger partial charge in [-0.1, -0.05) is 58.0 Å². The Morgan fingerprint density at radius 1 is 1.00 bits per heavy atom. The van der Waals surface area contributed by atoms with Gasteiger partial charge in [-0.2, -0.15) is 5.10 Å². The molecular formula is C17H22BrN3. The van der Waals surface area contributed by atoms with Gasteiger partial charge in [-0.3, -0.25) is 5.10 Å². The number of nitrogens with one attached hydrogen (secondary N) is 1. The molecule has 21 heavy (non-hydrogen) atoms. The number of halogens is 1. The fourth-order valence-electron chi connectivity index (χ4n) is 1.98. The fourth-order valence-corrected chi connectivity index (χ4v) is 2.50. The molecule has 0 radical (unpaired) electrons. The zero-order chi connectivity index (χ0) is 15.8. The van der Waals surface area contributed by atoms with Crippen molar-refractivity contribution < 1.29 is 0 Å². The Balaban J connectivity index is 0.000000510. The molecule has 0 amide bonds. The molecule has 0 aliphatic rings. The molecule has 0 aliphatic carbocycles. The third-order valence-electron chi connectivity index (χ3n) is 2.75. The first-order valence-electron chi connectivity index (χ1n) is 7.32. The number of benzene rings is 1. The average Bonchev–Trinajstić information content (AvgIpc) is 2.96. The van der Waals surface area contributed by atoms with E-state index in [0.717, 1.165) is 32.5 Å². The first-order chi connectivity index (χ1) is 10.3. The standard InChI is InChI=1S/C13H10BrN3.2C2H6/c1-8-7-10(14)15-13-11(8)12(16-17-13)9-5-3-2-4-6-9;2*1-2/h2-7H,1H3,(H,15,16,17);2*1-2H3. The lowest BCUT2D eigenvalue weighted by Gasteiger charge is -2.01. The summed E-state index contributed by atoms with van der Waals surface area (Å²) >= 11 is 3.38. The third-order valence-corrected chi connectivity index (χ3v) is 3.16. The van der Waals surface area contributed by atoms with Crippen LogP contribution in [0.1, 0.15) is 33.3 Å². The maximum absolute atomic E-state index is 4.36. The first kappa shape index (κ1) is 17.4. The van der Waals surface area contributed by atoms with Crippen molar-refractivity contribution in [3.63, 3.8) is 0 Å². The van der Waals surface area contributed by atoms with Gasteiger partial charge in [-0.15, -0.1) is 0 Å². The Kier molecular flexibility index (Phi) is 7.09. The molecule has 2 aromatic heterocycles. The van der Waals surface area contributed by atoms with E-state index in [2.05, 4.69) is 50.2 Å². The van der Waals surface area contributed by atoms with Crippen molar-refractivity contribution in [3.8, 4) is 11.3 Å². The largest absolute Gasteiger partial charge is 0.275 e. The van der Waals surface area contributed by atoms with Crippen molar-refractivity contribution in [1.29, 1.82) is 0 Å². The van der Waals surface area contributed by atoms with Crippen molar-refractivity contribution in [3.05, 3.63) is 46.6 Å². The molecule has 4 heteroatoms. The van der Waals surface area contributed by atoms with Crippen LogP contribution in [0.15, 0.2) is 41.0 Å².